The van der Waals surface area contributed by atoms with Gasteiger partial charge in [0.25, 0.3) is 0 Å². The number of amides is 1. The van der Waals surface area contributed by atoms with Gasteiger partial charge in [0.05, 0.1) is 12.2 Å². The molecule has 0 aromatic rings. The van der Waals surface area contributed by atoms with Gasteiger partial charge in [-0.1, -0.05) is 48.5 Å². The first-order chi connectivity index (χ1) is 8.66. The van der Waals surface area contributed by atoms with Crippen molar-refractivity contribution < 1.29 is 4.79 Å². The molecule has 3 unspecified atom stereocenters. The van der Waals surface area contributed by atoms with E-state index in [9.17, 15) is 4.79 Å². The zero-order valence-corrected chi connectivity index (χ0v) is 13.8. The third-order valence-corrected chi connectivity index (χ3v) is 4.39. The largest absolute Gasteiger partial charge is 0.326 e. The van der Waals surface area contributed by atoms with Crippen LogP contribution in [0.25, 0.3) is 0 Å². The maximum Gasteiger partial charge on any atom is 0.241 e. The summed E-state index contributed by atoms with van der Waals surface area (Å²) in [7, 11) is 0. The van der Waals surface area contributed by atoms with E-state index in [0.29, 0.717) is 17.7 Å². The van der Waals surface area contributed by atoms with Crippen LogP contribution in [0.1, 0.15) is 61.3 Å². The molecular weight excluding hydrogens is 236 g/mol. The van der Waals surface area contributed by atoms with Gasteiger partial charge in [-0.15, -0.1) is 0 Å². The van der Waals surface area contributed by atoms with Gasteiger partial charge in [0, 0.05) is 6.54 Å². The van der Waals surface area contributed by atoms with E-state index in [4.69, 9.17) is 0 Å². The maximum absolute atomic E-state index is 12.5. The van der Waals surface area contributed by atoms with E-state index in [1.807, 2.05) is 0 Å². The van der Waals surface area contributed by atoms with Gasteiger partial charge in [0.1, 0.15) is 0 Å². The second kappa shape index (κ2) is 6.25. The fourth-order valence-corrected chi connectivity index (χ4v) is 2.51. The number of nitrogens with zero attached hydrogens (tertiary/aromatic N) is 1. The molecule has 1 heterocycles. The van der Waals surface area contributed by atoms with Crippen LogP contribution in [-0.2, 0) is 4.79 Å². The van der Waals surface area contributed by atoms with Crippen molar-refractivity contribution in [2.75, 3.05) is 6.54 Å². The lowest BCUT2D eigenvalue weighted by molar-refractivity contribution is -0.131. The Hall–Kier alpha value is -0.570. The van der Waals surface area contributed by atoms with Gasteiger partial charge in [-0.3, -0.25) is 10.1 Å². The van der Waals surface area contributed by atoms with Crippen molar-refractivity contribution in [2.45, 2.75) is 73.5 Å². The first kappa shape index (κ1) is 16.5. The average molecular weight is 268 g/mol. The molecule has 1 aliphatic rings. The third kappa shape index (κ3) is 4.20. The molecule has 0 saturated carbocycles. The number of nitrogens with one attached hydrogen (secondary N) is 1. The van der Waals surface area contributed by atoms with Crippen LogP contribution in [0.15, 0.2) is 0 Å². The van der Waals surface area contributed by atoms with Crippen LogP contribution in [-0.4, -0.2) is 29.6 Å². The highest BCUT2D eigenvalue weighted by atomic mass is 16.2. The van der Waals surface area contributed by atoms with Crippen LogP contribution in [0.5, 0.6) is 0 Å². The molecule has 1 aliphatic heterocycles. The van der Waals surface area contributed by atoms with Crippen LogP contribution in [0, 0.1) is 17.3 Å². The van der Waals surface area contributed by atoms with Crippen LogP contribution in [0.4, 0.5) is 0 Å². The summed E-state index contributed by atoms with van der Waals surface area (Å²) in [6.45, 7) is 16.4. The minimum Gasteiger partial charge on any atom is -0.326 e. The second-order valence-electron chi connectivity index (χ2n) is 7.53. The lowest BCUT2D eigenvalue weighted by Crippen LogP contribution is -2.42. The molecule has 19 heavy (non-hydrogen) atoms. The molecule has 3 atom stereocenters. The molecule has 0 aliphatic carbocycles. The minimum atomic E-state index is 0.0251. The van der Waals surface area contributed by atoms with Crippen molar-refractivity contribution in [2.24, 2.45) is 17.3 Å². The Morgan fingerprint density at radius 1 is 1.26 bits per heavy atom. The van der Waals surface area contributed by atoms with Crippen LogP contribution < -0.4 is 5.32 Å². The lowest BCUT2D eigenvalue weighted by Gasteiger charge is -2.33. The molecule has 1 rings (SSSR count). The Morgan fingerprint density at radius 2 is 1.84 bits per heavy atom. The Morgan fingerprint density at radius 3 is 2.26 bits per heavy atom. The first-order valence-electron chi connectivity index (χ1n) is 7.73. The number of carbonyl (C=O) groups is 1. The van der Waals surface area contributed by atoms with Crippen molar-refractivity contribution >= 4 is 5.91 Å². The Labute approximate surface area is 119 Å². The number of hydrogen-bond donors (Lipinski definition) is 1. The van der Waals surface area contributed by atoms with Gasteiger partial charge < -0.3 is 4.90 Å². The first-order valence-corrected chi connectivity index (χ1v) is 7.73. The molecule has 0 radical (unpaired) electrons. The number of rotatable bonds is 5. The molecule has 3 nitrogen and oxygen atoms in total. The Bertz CT molecular complexity index is 306. The molecule has 1 fully saturated rings. The lowest BCUT2D eigenvalue weighted by atomic mass is 9.81. The monoisotopic (exact) mass is 268 g/mol. The Balaban J connectivity index is 2.73. The molecule has 1 N–H and O–H groups in total. The normalized spacial score (nSPS) is 26.3. The zero-order chi connectivity index (χ0) is 14.8. The smallest absolute Gasteiger partial charge is 0.241 e. The fourth-order valence-electron chi connectivity index (χ4n) is 2.51. The summed E-state index contributed by atoms with van der Waals surface area (Å²) in [4.78, 5) is 14.6. The van der Waals surface area contributed by atoms with Gasteiger partial charge >= 0.3 is 0 Å². The van der Waals surface area contributed by atoms with Crippen molar-refractivity contribution in [3.8, 4) is 0 Å². The summed E-state index contributed by atoms with van der Waals surface area (Å²) in [5.41, 5.74) is 0.245. The van der Waals surface area contributed by atoms with Gasteiger partial charge in [-0.2, -0.15) is 0 Å². The van der Waals surface area contributed by atoms with Crippen LogP contribution >= 0.6 is 0 Å². The van der Waals surface area contributed by atoms with E-state index >= 15 is 0 Å². The number of hydrogen-bond acceptors (Lipinski definition) is 2. The van der Waals surface area contributed by atoms with Crippen molar-refractivity contribution in [3.63, 3.8) is 0 Å². The van der Waals surface area contributed by atoms with E-state index in [1.54, 1.807) is 0 Å². The molecule has 1 amide bonds. The van der Waals surface area contributed by atoms with Gasteiger partial charge in [-0.25, -0.2) is 0 Å². The predicted molar refractivity (Wildman–Crippen MR) is 80.8 cm³/mol. The van der Waals surface area contributed by atoms with E-state index in [0.717, 1.165) is 19.4 Å². The summed E-state index contributed by atoms with van der Waals surface area (Å²) >= 11 is 0. The van der Waals surface area contributed by atoms with Crippen LogP contribution in [0.2, 0.25) is 0 Å². The standard InChI is InChI=1S/C16H32N2O/c1-8-14-17-13(9-11(2)3)15(19)18(14)10-12(4)16(5,6)7/h11-14,17H,8-10H2,1-7H3. The summed E-state index contributed by atoms with van der Waals surface area (Å²) in [6.07, 6.45) is 2.15. The maximum atomic E-state index is 12.5. The highest BCUT2D eigenvalue weighted by molar-refractivity contribution is 5.84. The highest BCUT2D eigenvalue weighted by Gasteiger charge is 2.39. The summed E-state index contributed by atoms with van der Waals surface area (Å²) in [5, 5.41) is 3.51. The molecule has 1 saturated heterocycles. The third-order valence-electron chi connectivity index (χ3n) is 4.39. The van der Waals surface area contributed by atoms with Crippen LogP contribution in [0.3, 0.4) is 0 Å². The molecular formula is C16H32N2O. The summed E-state index contributed by atoms with van der Waals surface area (Å²) < 4.78 is 0. The van der Waals surface area contributed by atoms with E-state index in [-0.39, 0.29) is 17.6 Å². The average Bonchev–Trinajstić information content (AvgIpc) is 2.55. The summed E-state index contributed by atoms with van der Waals surface area (Å²) in [5.74, 6) is 1.36. The Kier molecular flexibility index (Phi) is 5.43. The number of carbonyl (C=O) groups excluding carboxylic acids is 1. The minimum absolute atomic E-state index is 0.0251. The molecule has 112 valence electrons. The van der Waals surface area contributed by atoms with Gasteiger partial charge in [-0.05, 0) is 30.1 Å². The molecule has 0 bridgehead atoms. The highest BCUT2D eigenvalue weighted by Crippen LogP contribution is 2.28. The van der Waals surface area contributed by atoms with Crippen molar-refractivity contribution in [3.05, 3.63) is 0 Å². The van der Waals surface area contributed by atoms with Gasteiger partial charge in [0.15, 0.2) is 0 Å². The topological polar surface area (TPSA) is 32.3 Å². The molecule has 3 heteroatoms. The van der Waals surface area contributed by atoms with E-state index in [2.05, 4.69) is 58.7 Å². The van der Waals surface area contributed by atoms with E-state index < -0.39 is 0 Å². The quantitative estimate of drug-likeness (QED) is 0.830. The summed E-state index contributed by atoms with van der Waals surface area (Å²) in [6, 6.07) is 0.0251. The second-order valence-corrected chi connectivity index (χ2v) is 7.53. The van der Waals surface area contributed by atoms with Crippen molar-refractivity contribution in [1.82, 2.24) is 10.2 Å². The zero-order valence-electron chi connectivity index (χ0n) is 13.8. The molecule has 0 spiro atoms. The molecule has 0 aromatic heterocycles. The van der Waals surface area contributed by atoms with E-state index in [1.165, 1.54) is 0 Å². The molecule has 0 aromatic carbocycles. The SMILES string of the molecule is CCC1NC(CC(C)C)C(=O)N1CC(C)C(C)(C)C. The predicted octanol–water partition coefficient (Wildman–Crippen LogP) is 3.25. The fraction of sp³-hybridized carbons (Fsp3) is 0.938. The van der Waals surface area contributed by atoms with Gasteiger partial charge in [0.2, 0.25) is 5.91 Å². The van der Waals surface area contributed by atoms with Crippen molar-refractivity contribution in [1.29, 1.82) is 0 Å².